The van der Waals surface area contributed by atoms with E-state index in [-0.39, 0.29) is 38.1 Å². The fourth-order valence-electron chi connectivity index (χ4n) is 11.7. The Morgan fingerprint density at radius 1 is 0.500 bits per heavy atom. The molecule has 1 saturated carbocycles. The first-order valence-electron chi connectivity index (χ1n) is 28.5. The van der Waals surface area contributed by atoms with Crippen molar-refractivity contribution in [2.45, 2.75) is 51.3 Å². The van der Waals surface area contributed by atoms with Crippen molar-refractivity contribution >= 4 is 11.0 Å². The summed E-state index contributed by atoms with van der Waals surface area (Å²) in [6.07, 6.45) is 4.16. The molecule has 2 heterocycles. The molecule has 0 unspecified atom stereocenters. The van der Waals surface area contributed by atoms with E-state index < -0.39 is 6.37 Å². The summed E-state index contributed by atoms with van der Waals surface area (Å²) >= 11 is 0. The van der Waals surface area contributed by atoms with Crippen LogP contribution in [-0.2, 0) is 32.9 Å². The summed E-state index contributed by atoms with van der Waals surface area (Å²) in [5, 5.41) is 12.9. The molecule has 392 valence electrons. The summed E-state index contributed by atoms with van der Waals surface area (Å²) < 4.78 is 21.4. The van der Waals surface area contributed by atoms with Crippen molar-refractivity contribution < 1.29 is 28.9 Å². The van der Waals surface area contributed by atoms with Crippen LogP contribution < -0.4 is 0 Å². The smallest absolute Gasteiger partial charge is 0.148 e. The maximum atomic E-state index is 12.9. The number of aromatic hydroxyl groups is 1. The van der Waals surface area contributed by atoms with Crippen LogP contribution in [-0.4, -0.2) is 19.6 Å². The number of phenols is 1. The Balaban J connectivity index is 0.00000665. The number of hydrogen-bond donors (Lipinski definition) is 1. The first kappa shape index (κ1) is 49.6. The molecule has 1 aliphatic rings. The van der Waals surface area contributed by atoms with Crippen LogP contribution in [0.25, 0.3) is 106 Å². The molecule has 1 N–H and O–H groups in total. The number of para-hydroxylation sites is 1. The van der Waals surface area contributed by atoms with E-state index in [0.717, 1.165) is 115 Å². The van der Waals surface area contributed by atoms with Gasteiger partial charge < -0.3 is 5.11 Å². The third kappa shape index (κ3) is 10.3. The number of benzene rings is 10. The minimum Gasteiger partial charge on any atom is -0.507 e. The van der Waals surface area contributed by atoms with Gasteiger partial charge in [-0.05, 0) is 104 Å². The molecule has 4 nitrogen and oxygen atoms in total. The Morgan fingerprint density at radius 3 is 1.73 bits per heavy atom. The molecule has 12 aromatic rings. The second kappa shape index (κ2) is 22.6. The maximum absolute atomic E-state index is 12.9. The zero-order chi connectivity index (χ0) is 55.1. The van der Waals surface area contributed by atoms with Crippen LogP contribution in [0, 0.1) is 12.0 Å². The normalized spacial score (nSPS) is 13.2. The summed E-state index contributed by atoms with van der Waals surface area (Å²) in [5.41, 5.74) is 18.7. The van der Waals surface area contributed by atoms with Crippen molar-refractivity contribution in [3.8, 4) is 101 Å². The molecular formula is C75H60N3OPt-. The van der Waals surface area contributed by atoms with Crippen LogP contribution in [0.1, 0.15) is 59.0 Å². The van der Waals surface area contributed by atoms with Gasteiger partial charge in [-0.3, -0.25) is 9.55 Å². The summed E-state index contributed by atoms with van der Waals surface area (Å²) in [7, 11) is 0. The topological polar surface area (TPSA) is 50.9 Å². The number of rotatable bonds is 13. The number of imidazole rings is 1. The molecule has 80 heavy (non-hydrogen) atoms. The Kier molecular flexibility index (Phi) is 14.0. The van der Waals surface area contributed by atoms with Gasteiger partial charge in [-0.25, -0.2) is 4.98 Å². The first-order chi connectivity index (χ1) is 39.6. The van der Waals surface area contributed by atoms with E-state index in [9.17, 15) is 7.85 Å². The standard InChI is InChI=1S/C75H60N3O.Pt/c1-75(2,63-33-16-7-17-34-63)64-35-20-32-57(47-64)58-40-41-76-69(50-58)62-45-59(53-24-8-3-9-25-53)44-61(46-62)65-36-21-37-71-72(65)77-74(68-49-60(54-26-10-4-11-27-54)48-67(73(68)79)56-30-14-6-15-31-56)78(71)70-39-38-52(42-51-22-18-19-23-51)43-66(70)55-28-12-5-13-29-55;/h3-17,20-21,24-41,43-45,47-51,79H,18-19,22-23,42H2,1-2H3;/q-1;/i42D2;. The molecule has 0 spiro atoms. The fourth-order valence-corrected chi connectivity index (χ4v) is 11.7. The average Bonchev–Trinajstić information content (AvgIpc) is 4.34. The average molecular weight is 1220 g/mol. The number of hydrogen-bond acceptors (Lipinski definition) is 3. The van der Waals surface area contributed by atoms with Crippen molar-refractivity contribution in [2.24, 2.45) is 5.92 Å². The molecule has 13 rings (SSSR count). The molecule has 1 fully saturated rings. The monoisotopic (exact) mass is 1220 g/mol. The molecule has 0 amide bonds. The van der Waals surface area contributed by atoms with Crippen LogP contribution in [0.3, 0.4) is 0 Å². The van der Waals surface area contributed by atoms with Gasteiger partial charge in [0.05, 0.1) is 22.3 Å². The number of aromatic nitrogens is 3. The third-order valence-electron chi connectivity index (χ3n) is 16.0. The molecule has 10 aromatic carbocycles. The van der Waals surface area contributed by atoms with E-state index in [2.05, 4.69) is 194 Å². The largest absolute Gasteiger partial charge is 0.507 e. The maximum Gasteiger partial charge on any atom is 0.148 e. The Hall–Kier alpha value is -8.69. The van der Waals surface area contributed by atoms with Crippen molar-refractivity contribution in [2.75, 3.05) is 0 Å². The fraction of sp³-hybridized carbons (Fsp3) is 0.120. The van der Waals surface area contributed by atoms with Crippen molar-refractivity contribution in [1.82, 2.24) is 14.5 Å². The van der Waals surface area contributed by atoms with Crippen LogP contribution >= 0.6 is 0 Å². The van der Waals surface area contributed by atoms with E-state index in [1.807, 2.05) is 85.1 Å². The van der Waals surface area contributed by atoms with Gasteiger partial charge in [-0.1, -0.05) is 256 Å². The van der Waals surface area contributed by atoms with Crippen LogP contribution in [0.4, 0.5) is 0 Å². The summed E-state index contributed by atoms with van der Waals surface area (Å²) in [5.74, 6) is 0.580. The molecule has 0 radical (unpaired) electrons. The van der Waals surface area contributed by atoms with Gasteiger partial charge in [0.25, 0.3) is 0 Å². The number of phenolic OH excluding ortho intramolecular Hbond substituents is 1. The first-order valence-corrected chi connectivity index (χ1v) is 27.5. The van der Waals surface area contributed by atoms with Gasteiger partial charge >= 0.3 is 0 Å². The number of pyridine rings is 1. The van der Waals surface area contributed by atoms with Crippen LogP contribution in [0.5, 0.6) is 5.75 Å². The molecule has 0 aliphatic heterocycles. The quantitative estimate of drug-likeness (QED) is 0.117. The van der Waals surface area contributed by atoms with Gasteiger partial charge in [0.1, 0.15) is 11.6 Å². The van der Waals surface area contributed by atoms with Crippen molar-refractivity contribution in [3.63, 3.8) is 0 Å². The van der Waals surface area contributed by atoms with E-state index in [1.165, 1.54) is 11.1 Å². The second-order valence-electron chi connectivity index (χ2n) is 21.4. The molecule has 2 aromatic heterocycles. The predicted molar refractivity (Wildman–Crippen MR) is 327 cm³/mol. The zero-order valence-corrected chi connectivity index (χ0v) is 47.0. The Morgan fingerprint density at radius 2 is 1.05 bits per heavy atom. The van der Waals surface area contributed by atoms with Gasteiger partial charge in [-0.15, -0.1) is 23.8 Å². The van der Waals surface area contributed by atoms with Crippen LogP contribution in [0.2, 0.25) is 0 Å². The Bertz CT molecular complexity index is 4230. The van der Waals surface area contributed by atoms with Crippen LogP contribution in [0.15, 0.2) is 255 Å². The SMILES string of the molecule is [2H]C([2H])(c1ccc(-n2c(-c3cc(-c4ccccc4)cc(-c4ccccc4)c3O)nc3c(-c4[c-]c(-c5cc(-c6cccc(C(C)(C)c7ccccc7)c6)ccn5)cc(-c5ccccc5)c4)cccc32)c(-c2ccccc2)c1)C1CCCC1.[Pt]. The van der Waals surface area contributed by atoms with Gasteiger partial charge in [0, 0.05) is 52.2 Å². The predicted octanol–water partition coefficient (Wildman–Crippen LogP) is 19.3. The number of nitrogens with zero attached hydrogens (tertiary/aromatic N) is 3. The summed E-state index contributed by atoms with van der Waals surface area (Å²) in [6, 6.07) is 89.6. The summed E-state index contributed by atoms with van der Waals surface area (Å²) in [4.78, 5) is 10.8. The van der Waals surface area contributed by atoms with E-state index in [4.69, 9.17) is 9.97 Å². The van der Waals surface area contributed by atoms with Crippen molar-refractivity contribution in [1.29, 1.82) is 0 Å². The molecular weight excluding hydrogens is 1150 g/mol. The molecule has 5 heteroatoms. The molecule has 1 aliphatic carbocycles. The zero-order valence-electron chi connectivity index (χ0n) is 46.8. The minimum atomic E-state index is -1.53. The molecule has 0 bridgehead atoms. The van der Waals surface area contributed by atoms with E-state index in [1.54, 1.807) is 0 Å². The van der Waals surface area contributed by atoms with E-state index in [0.29, 0.717) is 22.5 Å². The second-order valence-corrected chi connectivity index (χ2v) is 21.4. The van der Waals surface area contributed by atoms with Gasteiger partial charge in [0.2, 0.25) is 0 Å². The molecule has 0 atom stereocenters. The summed E-state index contributed by atoms with van der Waals surface area (Å²) in [6.45, 7) is 4.56. The Labute approximate surface area is 487 Å². The van der Waals surface area contributed by atoms with Gasteiger partial charge in [0.15, 0.2) is 0 Å². The molecule has 0 saturated heterocycles. The van der Waals surface area contributed by atoms with Gasteiger partial charge in [-0.2, -0.15) is 0 Å². The van der Waals surface area contributed by atoms with E-state index >= 15 is 0 Å². The minimum absolute atomic E-state index is 0. The number of fused-ring (bicyclic) bond motifs is 1. The third-order valence-corrected chi connectivity index (χ3v) is 16.0. The van der Waals surface area contributed by atoms with Crippen molar-refractivity contribution in [3.05, 3.63) is 278 Å².